The quantitative estimate of drug-likeness (QED) is 0.264. The number of allylic oxidation sites excluding steroid dienone is 2. The van der Waals surface area contributed by atoms with Crippen molar-refractivity contribution in [1.82, 2.24) is 15.5 Å². The van der Waals surface area contributed by atoms with Gasteiger partial charge in [-0.2, -0.15) is 0 Å². The number of amides is 2. The average Bonchev–Trinajstić information content (AvgIpc) is 3.58. The molecule has 228 valence electrons. The van der Waals surface area contributed by atoms with E-state index < -0.39 is 35.6 Å². The fourth-order valence-corrected chi connectivity index (χ4v) is 6.61. The molecule has 2 aromatic carbocycles. The molecule has 4 rings (SSSR count). The predicted molar refractivity (Wildman–Crippen MR) is 160 cm³/mol. The highest BCUT2D eigenvalue weighted by molar-refractivity contribution is 5.90. The Hall–Kier alpha value is -3.10. The van der Waals surface area contributed by atoms with Crippen LogP contribution in [0.4, 0.5) is 8.78 Å². The summed E-state index contributed by atoms with van der Waals surface area (Å²) in [6.07, 6.45) is 6.46. The smallest absolute Gasteiger partial charge is 0.227 e. The molecule has 8 heteroatoms. The first-order valence-corrected chi connectivity index (χ1v) is 15.4. The normalized spacial score (nSPS) is 22.2. The van der Waals surface area contributed by atoms with Gasteiger partial charge in [-0.05, 0) is 72.8 Å². The van der Waals surface area contributed by atoms with Crippen molar-refractivity contribution in [2.75, 3.05) is 19.6 Å². The summed E-state index contributed by atoms with van der Waals surface area (Å²) >= 11 is 0. The zero-order valence-electron chi connectivity index (χ0n) is 25.0. The Labute approximate surface area is 248 Å². The molecule has 0 radical (unpaired) electrons. The van der Waals surface area contributed by atoms with E-state index in [4.69, 9.17) is 0 Å². The second-order valence-corrected chi connectivity index (χ2v) is 11.8. The predicted octanol–water partition coefficient (Wildman–Crippen LogP) is 4.79. The zero-order chi connectivity index (χ0) is 30.2. The standard InChI is InChI=1S/C34H45F2N3O3/c1-4-12-39(13-5-2)34(42)32-26-11-10-25(18-26)31(32)33(41)38-29(17-24-15-27(35)19-28(36)16-24)30(40)21-37-20-23-9-7-8-22(6-3)14-23/h7-11,14-16,19,25-26,29-32,37,40H,4-6,12-13,17-18,20-21H2,1-3H3,(H,38,41). The van der Waals surface area contributed by atoms with Crippen LogP contribution >= 0.6 is 0 Å². The van der Waals surface area contributed by atoms with Crippen molar-refractivity contribution in [3.8, 4) is 0 Å². The van der Waals surface area contributed by atoms with E-state index in [2.05, 4.69) is 35.8 Å². The first kappa shape index (κ1) is 31.8. The van der Waals surface area contributed by atoms with E-state index in [1.807, 2.05) is 37.0 Å². The highest BCUT2D eigenvalue weighted by Gasteiger charge is 2.52. The third-order valence-electron chi connectivity index (χ3n) is 8.60. The van der Waals surface area contributed by atoms with Crippen molar-refractivity contribution < 1.29 is 23.5 Å². The van der Waals surface area contributed by atoms with E-state index in [0.29, 0.717) is 25.2 Å². The summed E-state index contributed by atoms with van der Waals surface area (Å²) in [5.74, 6) is -2.76. The maximum absolute atomic E-state index is 14.0. The topological polar surface area (TPSA) is 81.7 Å². The number of aliphatic hydroxyl groups is 1. The molecule has 2 aliphatic rings. The van der Waals surface area contributed by atoms with Crippen molar-refractivity contribution in [3.05, 3.63) is 82.9 Å². The van der Waals surface area contributed by atoms with Crippen LogP contribution in [0.15, 0.2) is 54.6 Å². The van der Waals surface area contributed by atoms with Gasteiger partial charge in [-0.15, -0.1) is 0 Å². The molecule has 2 aliphatic carbocycles. The second-order valence-electron chi connectivity index (χ2n) is 11.8. The molecule has 42 heavy (non-hydrogen) atoms. The lowest BCUT2D eigenvalue weighted by Crippen LogP contribution is -2.53. The molecule has 6 atom stereocenters. The van der Waals surface area contributed by atoms with Gasteiger partial charge in [0.15, 0.2) is 0 Å². The first-order valence-electron chi connectivity index (χ1n) is 15.4. The first-order chi connectivity index (χ1) is 20.2. The highest BCUT2D eigenvalue weighted by atomic mass is 19.1. The Balaban J connectivity index is 1.50. The van der Waals surface area contributed by atoms with Gasteiger partial charge in [0.25, 0.3) is 0 Å². The van der Waals surface area contributed by atoms with Crippen LogP contribution in [0, 0.1) is 35.3 Å². The third kappa shape index (κ3) is 7.84. The van der Waals surface area contributed by atoms with Gasteiger partial charge >= 0.3 is 0 Å². The summed E-state index contributed by atoms with van der Waals surface area (Å²) in [6, 6.07) is 10.6. The van der Waals surface area contributed by atoms with E-state index in [1.54, 1.807) is 0 Å². The molecule has 0 spiro atoms. The van der Waals surface area contributed by atoms with E-state index in [9.17, 15) is 23.5 Å². The number of halogens is 2. The van der Waals surface area contributed by atoms with Crippen LogP contribution in [0.25, 0.3) is 0 Å². The van der Waals surface area contributed by atoms with Crippen molar-refractivity contribution in [2.24, 2.45) is 23.7 Å². The molecule has 2 aromatic rings. The number of nitrogens with zero attached hydrogens (tertiary/aromatic N) is 1. The minimum atomic E-state index is -1.03. The van der Waals surface area contributed by atoms with Gasteiger partial charge in [-0.1, -0.05) is 57.2 Å². The summed E-state index contributed by atoms with van der Waals surface area (Å²) in [5.41, 5.74) is 2.63. The highest BCUT2D eigenvalue weighted by Crippen LogP contribution is 2.49. The van der Waals surface area contributed by atoms with Crippen LogP contribution in [0.1, 0.15) is 56.7 Å². The molecule has 3 N–H and O–H groups in total. The minimum Gasteiger partial charge on any atom is -0.390 e. The van der Waals surface area contributed by atoms with E-state index in [1.165, 1.54) is 17.7 Å². The molecule has 0 aliphatic heterocycles. The van der Waals surface area contributed by atoms with Crippen LogP contribution in [0.3, 0.4) is 0 Å². The van der Waals surface area contributed by atoms with Crippen molar-refractivity contribution in [1.29, 1.82) is 0 Å². The van der Waals surface area contributed by atoms with Gasteiger partial charge in [-0.3, -0.25) is 9.59 Å². The van der Waals surface area contributed by atoms with Crippen LogP contribution in [-0.4, -0.2) is 53.6 Å². The molecule has 6 unspecified atom stereocenters. The van der Waals surface area contributed by atoms with Crippen LogP contribution in [0.5, 0.6) is 0 Å². The Kier molecular flexibility index (Phi) is 11.3. The summed E-state index contributed by atoms with van der Waals surface area (Å²) in [5, 5.41) is 17.5. The molecule has 2 bridgehead atoms. The number of nitrogens with one attached hydrogen (secondary N) is 2. The number of hydrogen-bond donors (Lipinski definition) is 3. The maximum atomic E-state index is 14.0. The molecule has 1 saturated carbocycles. The SMILES string of the molecule is CCCN(CCC)C(=O)C1C2C=CC(C2)C1C(=O)NC(Cc1cc(F)cc(F)c1)C(O)CNCc1cccc(CC)c1. The number of carbonyl (C=O) groups is 2. The molecule has 0 aromatic heterocycles. The fourth-order valence-electron chi connectivity index (χ4n) is 6.61. The lowest BCUT2D eigenvalue weighted by Gasteiger charge is -2.33. The van der Waals surface area contributed by atoms with Gasteiger partial charge in [-0.25, -0.2) is 8.78 Å². The molecule has 1 fully saturated rings. The largest absolute Gasteiger partial charge is 0.390 e. The monoisotopic (exact) mass is 581 g/mol. The Bertz CT molecular complexity index is 1230. The molecule has 6 nitrogen and oxygen atoms in total. The molecular weight excluding hydrogens is 536 g/mol. The second kappa shape index (κ2) is 14.9. The van der Waals surface area contributed by atoms with Gasteiger partial charge < -0.3 is 20.6 Å². The molecule has 0 saturated heterocycles. The summed E-state index contributed by atoms with van der Waals surface area (Å²) in [7, 11) is 0. The van der Waals surface area contributed by atoms with Crippen molar-refractivity contribution in [3.63, 3.8) is 0 Å². The fraction of sp³-hybridized carbons (Fsp3) is 0.529. The molecular formula is C34H45F2N3O3. The van der Waals surface area contributed by atoms with Crippen LogP contribution in [0.2, 0.25) is 0 Å². The summed E-state index contributed by atoms with van der Waals surface area (Å²) in [4.78, 5) is 29.5. The Morgan fingerprint density at radius 3 is 2.21 bits per heavy atom. The Morgan fingerprint density at radius 1 is 0.929 bits per heavy atom. The van der Waals surface area contributed by atoms with Crippen molar-refractivity contribution in [2.45, 2.75) is 71.6 Å². The lowest BCUT2D eigenvalue weighted by molar-refractivity contribution is -0.143. The summed E-state index contributed by atoms with van der Waals surface area (Å²) in [6.45, 7) is 8.16. The van der Waals surface area contributed by atoms with E-state index >= 15 is 0 Å². The minimum absolute atomic E-state index is 0.00991. The van der Waals surface area contributed by atoms with Crippen molar-refractivity contribution >= 4 is 11.8 Å². The number of fused-ring (bicyclic) bond motifs is 2. The van der Waals surface area contributed by atoms with E-state index in [-0.39, 0.29) is 36.6 Å². The molecule has 2 amide bonds. The van der Waals surface area contributed by atoms with Gasteiger partial charge in [0.2, 0.25) is 11.8 Å². The van der Waals surface area contributed by atoms with Gasteiger partial charge in [0, 0.05) is 32.2 Å². The van der Waals surface area contributed by atoms with Gasteiger partial charge in [0.1, 0.15) is 11.6 Å². The van der Waals surface area contributed by atoms with Gasteiger partial charge in [0.05, 0.1) is 24.0 Å². The number of hydrogen-bond acceptors (Lipinski definition) is 4. The number of aryl methyl sites for hydroxylation is 1. The summed E-state index contributed by atoms with van der Waals surface area (Å²) < 4.78 is 28.1. The Morgan fingerprint density at radius 2 is 1.57 bits per heavy atom. The number of carbonyl (C=O) groups excluding carboxylic acids is 2. The number of rotatable bonds is 15. The average molecular weight is 582 g/mol. The number of benzene rings is 2. The maximum Gasteiger partial charge on any atom is 0.227 e. The third-order valence-corrected chi connectivity index (χ3v) is 8.60. The van der Waals surface area contributed by atoms with Crippen LogP contribution < -0.4 is 10.6 Å². The molecule has 0 heterocycles. The zero-order valence-corrected chi connectivity index (χ0v) is 25.0. The number of aliphatic hydroxyl groups excluding tert-OH is 1. The van der Waals surface area contributed by atoms with E-state index in [0.717, 1.165) is 37.3 Å². The van der Waals surface area contributed by atoms with Crippen LogP contribution in [-0.2, 0) is 29.0 Å². The lowest BCUT2D eigenvalue weighted by atomic mass is 9.81.